The summed E-state index contributed by atoms with van der Waals surface area (Å²) in [4.78, 5) is 0. The van der Waals surface area contributed by atoms with E-state index in [0.29, 0.717) is 12.6 Å². The quantitative estimate of drug-likeness (QED) is 0.661. The minimum absolute atomic E-state index is 0.370. The summed E-state index contributed by atoms with van der Waals surface area (Å²) in [7, 11) is 0. The van der Waals surface area contributed by atoms with Crippen LogP contribution in [0.4, 0.5) is 0 Å². The van der Waals surface area contributed by atoms with Crippen LogP contribution in [0.5, 0.6) is 5.75 Å². The molecule has 13 heavy (non-hydrogen) atoms. The fraction of sp³-hybridized carbons (Fsp3) is 0.500. The number of aromatic nitrogens is 2. The van der Waals surface area contributed by atoms with Gasteiger partial charge in [0, 0.05) is 6.04 Å². The maximum absolute atomic E-state index is 5.32. The molecule has 0 amide bonds. The average molecular weight is 178 g/mol. The zero-order valence-corrected chi connectivity index (χ0v) is 8.24. The fourth-order valence-electron chi connectivity index (χ4n) is 0.869. The van der Waals surface area contributed by atoms with Gasteiger partial charge in [-0.15, -0.1) is 5.92 Å². The van der Waals surface area contributed by atoms with Crippen molar-refractivity contribution in [2.24, 2.45) is 0 Å². The molecule has 0 unspecified atom stereocenters. The molecule has 0 aliphatic rings. The molecule has 0 atom stereocenters. The first-order valence-corrected chi connectivity index (χ1v) is 4.30. The van der Waals surface area contributed by atoms with Crippen LogP contribution in [-0.4, -0.2) is 16.4 Å². The second-order valence-electron chi connectivity index (χ2n) is 2.97. The number of rotatable bonds is 3. The molecule has 0 fully saturated rings. The Hall–Kier alpha value is -1.43. The lowest BCUT2D eigenvalue weighted by atomic mass is 10.4. The molecule has 1 rings (SSSR count). The van der Waals surface area contributed by atoms with Crippen LogP contribution in [-0.2, 0) is 0 Å². The van der Waals surface area contributed by atoms with Gasteiger partial charge < -0.3 is 4.74 Å². The van der Waals surface area contributed by atoms with Crippen molar-refractivity contribution in [3.63, 3.8) is 0 Å². The van der Waals surface area contributed by atoms with Crippen molar-refractivity contribution in [1.29, 1.82) is 0 Å². The van der Waals surface area contributed by atoms with Crippen LogP contribution >= 0.6 is 0 Å². The summed E-state index contributed by atoms with van der Waals surface area (Å²) in [6.07, 6.45) is 3.58. The van der Waals surface area contributed by atoms with Crippen LogP contribution in [0, 0.1) is 11.8 Å². The minimum Gasteiger partial charge on any atom is -0.478 e. The van der Waals surface area contributed by atoms with Gasteiger partial charge in [-0.2, -0.15) is 5.10 Å². The summed E-state index contributed by atoms with van der Waals surface area (Å²) in [5, 5.41) is 4.14. The van der Waals surface area contributed by atoms with Crippen molar-refractivity contribution in [3.8, 4) is 17.6 Å². The molecule has 0 saturated heterocycles. The average Bonchev–Trinajstić information content (AvgIpc) is 2.53. The zero-order chi connectivity index (χ0) is 9.68. The van der Waals surface area contributed by atoms with Crippen LogP contribution in [0.1, 0.15) is 26.8 Å². The van der Waals surface area contributed by atoms with Crippen molar-refractivity contribution in [1.82, 2.24) is 9.78 Å². The Balaban J connectivity index is 2.52. The van der Waals surface area contributed by atoms with Crippen molar-refractivity contribution < 1.29 is 4.74 Å². The van der Waals surface area contributed by atoms with Gasteiger partial charge in [0.2, 0.25) is 0 Å². The van der Waals surface area contributed by atoms with Gasteiger partial charge in [0.25, 0.3) is 0 Å². The van der Waals surface area contributed by atoms with E-state index in [2.05, 4.69) is 30.8 Å². The molecule has 3 nitrogen and oxygen atoms in total. The molecule has 0 spiro atoms. The number of hydrogen-bond donors (Lipinski definition) is 0. The zero-order valence-electron chi connectivity index (χ0n) is 8.24. The maximum Gasteiger partial charge on any atom is 0.158 e. The van der Waals surface area contributed by atoms with Crippen LogP contribution in [0.15, 0.2) is 12.4 Å². The van der Waals surface area contributed by atoms with Gasteiger partial charge in [-0.1, -0.05) is 5.92 Å². The Labute approximate surface area is 78.7 Å². The van der Waals surface area contributed by atoms with Gasteiger partial charge in [0.15, 0.2) is 5.75 Å². The maximum atomic E-state index is 5.32. The standard InChI is InChI=1S/C10H14N2O/c1-4-5-6-13-10-7-11-12(8-10)9(2)3/h7-9H,6H2,1-3H3. The smallest absolute Gasteiger partial charge is 0.158 e. The van der Waals surface area contributed by atoms with Crippen molar-refractivity contribution in [2.75, 3.05) is 6.61 Å². The summed E-state index contributed by atoms with van der Waals surface area (Å²) in [6, 6.07) is 0.370. The van der Waals surface area contributed by atoms with Crippen molar-refractivity contribution >= 4 is 0 Å². The van der Waals surface area contributed by atoms with Crippen molar-refractivity contribution in [2.45, 2.75) is 26.8 Å². The van der Waals surface area contributed by atoms with E-state index >= 15 is 0 Å². The minimum atomic E-state index is 0.370. The lowest BCUT2D eigenvalue weighted by molar-refractivity contribution is 0.369. The summed E-state index contributed by atoms with van der Waals surface area (Å²) in [5.74, 6) is 6.37. The van der Waals surface area contributed by atoms with Gasteiger partial charge >= 0.3 is 0 Å². The molecular weight excluding hydrogens is 164 g/mol. The lowest BCUT2D eigenvalue weighted by Crippen LogP contribution is -2.00. The van der Waals surface area contributed by atoms with E-state index in [1.54, 1.807) is 13.1 Å². The Bertz CT molecular complexity index is 317. The molecule has 1 aromatic rings. The molecule has 70 valence electrons. The van der Waals surface area contributed by atoms with E-state index in [0.717, 1.165) is 5.75 Å². The highest BCUT2D eigenvalue weighted by molar-refractivity contribution is 5.13. The van der Waals surface area contributed by atoms with E-state index in [1.165, 1.54) is 0 Å². The van der Waals surface area contributed by atoms with Crippen LogP contribution in [0.3, 0.4) is 0 Å². The predicted molar refractivity (Wildman–Crippen MR) is 51.6 cm³/mol. The highest BCUT2D eigenvalue weighted by atomic mass is 16.5. The Morgan fingerprint density at radius 3 is 2.92 bits per heavy atom. The Morgan fingerprint density at radius 2 is 2.38 bits per heavy atom. The largest absolute Gasteiger partial charge is 0.478 e. The first kappa shape index (κ1) is 9.66. The first-order chi connectivity index (χ1) is 6.24. The van der Waals surface area contributed by atoms with Crippen LogP contribution in [0.2, 0.25) is 0 Å². The van der Waals surface area contributed by atoms with Crippen LogP contribution in [0.25, 0.3) is 0 Å². The molecule has 1 heterocycles. The number of nitrogens with zero attached hydrogens (tertiary/aromatic N) is 2. The number of ether oxygens (including phenoxy) is 1. The van der Waals surface area contributed by atoms with Gasteiger partial charge in [-0.3, -0.25) is 4.68 Å². The first-order valence-electron chi connectivity index (χ1n) is 4.30. The molecule has 3 heteroatoms. The number of hydrogen-bond acceptors (Lipinski definition) is 2. The summed E-state index contributed by atoms with van der Waals surface area (Å²) in [5.41, 5.74) is 0. The molecule has 0 radical (unpaired) electrons. The Kier molecular flexibility index (Phi) is 3.39. The van der Waals surface area contributed by atoms with Gasteiger partial charge in [-0.05, 0) is 20.8 Å². The van der Waals surface area contributed by atoms with E-state index < -0.39 is 0 Å². The molecule has 0 saturated carbocycles. The summed E-state index contributed by atoms with van der Waals surface area (Å²) >= 11 is 0. The van der Waals surface area contributed by atoms with E-state index in [9.17, 15) is 0 Å². The third-order valence-electron chi connectivity index (χ3n) is 1.59. The third-order valence-corrected chi connectivity index (χ3v) is 1.59. The second-order valence-corrected chi connectivity index (χ2v) is 2.97. The molecule has 0 N–H and O–H groups in total. The molecule has 0 aliphatic carbocycles. The highest BCUT2D eigenvalue weighted by Crippen LogP contribution is 2.11. The monoisotopic (exact) mass is 178 g/mol. The van der Waals surface area contributed by atoms with Crippen LogP contribution < -0.4 is 4.74 Å². The van der Waals surface area contributed by atoms with E-state index in [1.807, 2.05) is 10.9 Å². The van der Waals surface area contributed by atoms with Gasteiger partial charge in [0.05, 0.1) is 12.4 Å². The Morgan fingerprint density at radius 1 is 1.62 bits per heavy atom. The van der Waals surface area contributed by atoms with Gasteiger partial charge in [-0.25, -0.2) is 0 Å². The molecular formula is C10H14N2O. The second kappa shape index (κ2) is 4.56. The predicted octanol–water partition coefficient (Wildman–Crippen LogP) is 1.87. The van der Waals surface area contributed by atoms with Gasteiger partial charge in [0.1, 0.15) is 6.61 Å². The lowest BCUT2D eigenvalue weighted by Gasteiger charge is -2.02. The van der Waals surface area contributed by atoms with E-state index in [-0.39, 0.29) is 0 Å². The summed E-state index contributed by atoms with van der Waals surface area (Å²) < 4.78 is 7.18. The topological polar surface area (TPSA) is 27.1 Å². The third kappa shape index (κ3) is 2.83. The summed E-state index contributed by atoms with van der Waals surface area (Å²) in [6.45, 7) is 6.37. The molecule has 0 aliphatic heterocycles. The molecule has 1 aromatic heterocycles. The highest BCUT2D eigenvalue weighted by Gasteiger charge is 2.00. The molecule has 0 bridgehead atoms. The van der Waals surface area contributed by atoms with Crippen molar-refractivity contribution in [3.05, 3.63) is 12.4 Å². The van der Waals surface area contributed by atoms with E-state index in [4.69, 9.17) is 4.74 Å². The normalized spacial score (nSPS) is 9.54. The molecule has 0 aromatic carbocycles. The SMILES string of the molecule is CC#CCOc1cnn(C(C)C)c1. The fourth-order valence-corrected chi connectivity index (χ4v) is 0.869.